The zero-order valence-corrected chi connectivity index (χ0v) is 5.44. The maximum Gasteiger partial charge on any atom is 0.456 e. The smallest absolute Gasteiger partial charge is 0.427 e. The van der Waals surface area contributed by atoms with Gasteiger partial charge in [-0.1, -0.05) is 0 Å². The fraction of sp³-hybridized carbons (Fsp3) is 0.167. The highest BCUT2D eigenvalue weighted by molar-refractivity contribution is 6.40. The first-order valence-electron chi connectivity index (χ1n) is 3.04. The maximum absolute atomic E-state index is 8.54. The van der Waals surface area contributed by atoms with E-state index in [1.165, 1.54) is 0 Å². The van der Waals surface area contributed by atoms with Crippen LogP contribution in [0.3, 0.4) is 0 Å². The van der Waals surface area contributed by atoms with Crippen molar-refractivity contribution >= 4 is 7.12 Å². The Balaban J connectivity index is 2.59. The summed E-state index contributed by atoms with van der Waals surface area (Å²) in [5.74, 6) is 0. The second-order valence-electron chi connectivity index (χ2n) is 2.04. The van der Waals surface area contributed by atoms with Gasteiger partial charge in [0.2, 0.25) is 0 Å². The standard InChI is InChI=1S/C6H8BNO2/c9-7(10)5-6-1-3-8-4-2-6/h1-4,9-10H,5H2. The highest BCUT2D eigenvalue weighted by Crippen LogP contribution is 1.96. The molecule has 10 heavy (non-hydrogen) atoms. The van der Waals surface area contributed by atoms with Crippen LogP contribution in [0.1, 0.15) is 5.56 Å². The molecule has 0 aliphatic rings. The molecule has 0 saturated carbocycles. The van der Waals surface area contributed by atoms with Gasteiger partial charge in [-0.3, -0.25) is 4.98 Å². The van der Waals surface area contributed by atoms with Crippen molar-refractivity contribution in [2.45, 2.75) is 6.32 Å². The molecule has 1 aromatic heterocycles. The van der Waals surface area contributed by atoms with E-state index < -0.39 is 7.12 Å². The Kier molecular flexibility index (Phi) is 2.42. The first-order chi connectivity index (χ1) is 4.79. The summed E-state index contributed by atoms with van der Waals surface area (Å²) in [6, 6.07) is 3.50. The van der Waals surface area contributed by atoms with Crippen LogP contribution in [-0.2, 0) is 6.32 Å². The summed E-state index contributed by atoms with van der Waals surface area (Å²) in [7, 11) is -1.26. The van der Waals surface area contributed by atoms with Gasteiger partial charge in [-0.05, 0) is 17.7 Å². The summed E-state index contributed by atoms with van der Waals surface area (Å²) >= 11 is 0. The van der Waals surface area contributed by atoms with E-state index in [9.17, 15) is 0 Å². The van der Waals surface area contributed by atoms with Gasteiger partial charge in [-0.2, -0.15) is 0 Å². The van der Waals surface area contributed by atoms with Gasteiger partial charge in [0.15, 0.2) is 0 Å². The van der Waals surface area contributed by atoms with Crippen LogP contribution < -0.4 is 0 Å². The predicted molar refractivity (Wildman–Crippen MR) is 38.1 cm³/mol. The summed E-state index contributed by atoms with van der Waals surface area (Å²) in [6.07, 6.45) is 3.51. The third-order valence-electron chi connectivity index (χ3n) is 1.17. The molecule has 0 aliphatic carbocycles. The summed E-state index contributed by atoms with van der Waals surface area (Å²) in [5, 5.41) is 17.1. The average Bonchev–Trinajstić information content (AvgIpc) is 1.88. The predicted octanol–water partition coefficient (Wildman–Crippen LogP) is -0.364. The van der Waals surface area contributed by atoms with Crippen molar-refractivity contribution in [2.75, 3.05) is 0 Å². The van der Waals surface area contributed by atoms with Crippen molar-refractivity contribution in [3.63, 3.8) is 0 Å². The lowest BCUT2D eigenvalue weighted by molar-refractivity contribution is 0.405. The van der Waals surface area contributed by atoms with Crippen LogP contribution in [0.4, 0.5) is 0 Å². The maximum atomic E-state index is 8.54. The second kappa shape index (κ2) is 3.34. The molecule has 0 spiro atoms. The number of hydrogen-bond acceptors (Lipinski definition) is 3. The lowest BCUT2D eigenvalue weighted by atomic mass is 9.82. The molecule has 2 N–H and O–H groups in total. The highest BCUT2D eigenvalue weighted by Gasteiger charge is 2.06. The molecule has 52 valence electrons. The van der Waals surface area contributed by atoms with E-state index >= 15 is 0 Å². The summed E-state index contributed by atoms with van der Waals surface area (Å²) in [4.78, 5) is 3.79. The van der Waals surface area contributed by atoms with Crippen LogP contribution in [0, 0.1) is 0 Å². The van der Waals surface area contributed by atoms with Gasteiger partial charge in [0.1, 0.15) is 0 Å². The topological polar surface area (TPSA) is 53.4 Å². The molecular formula is C6H8BNO2. The zero-order chi connectivity index (χ0) is 7.40. The van der Waals surface area contributed by atoms with E-state index in [1.807, 2.05) is 0 Å². The van der Waals surface area contributed by atoms with Crippen molar-refractivity contribution in [3.8, 4) is 0 Å². The average molecular weight is 137 g/mol. The molecule has 0 unspecified atom stereocenters. The van der Waals surface area contributed by atoms with Crippen LogP contribution in [0.15, 0.2) is 24.5 Å². The van der Waals surface area contributed by atoms with E-state index in [2.05, 4.69) is 4.98 Å². The van der Waals surface area contributed by atoms with Crippen molar-refractivity contribution in [1.29, 1.82) is 0 Å². The lowest BCUT2D eigenvalue weighted by Gasteiger charge is -1.96. The van der Waals surface area contributed by atoms with Crippen molar-refractivity contribution in [2.24, 2.45) is 0 Å². The first kappa shape index (κ1) is 7.24. The van der Waals surface area contributed by atoms with Crippen molar-refractivity contribution in [3.05, 3.63) is 30.1 Å². The molecule has 4 heteroatoms. The SMILES string of the molecule is OB(O)Cc1ccncc1. The fourth-order valence-corrected chi connectivity index (χ4v) is 0.730. The van der Waals surface area contributed by atoms with Crippen LogP contribution in [0.25, 0.3) is 0 Å². The summed E-state index contributed by atoms with van der Waals surface area (Å²) < 4.78 is 0. The lowest BCUT2D eigenvalue weighted by Crippen LogP contribution is -2.14. The van der Waals surface area contributed by atoms with Crippen LogP contribution >= 0.6 is 0 Å². The Bertz CT molecular complexity index is 190. The van der Waals surface area contributed by atoms with Gasteiger partial charge >= 0.3 is 7.12 Å². The number of pyridine rings is 1. The summed E-state index contributed by atoms with van der Waals surface area (Å²) in [6.45, 7) is 0. The molecular weight excluding hydrogens is 129 g/mol. The van der Waals surface area contributed by atoms with Gasteiger partial charge in [-0.15, -0.1) is 0 Å². The van der Waals surface area contributed by atoms with Crippen molar-refractivity contribution in [1.82, 2.24) is 4.98 Å². The molecule has 3 nitrogen and oxygen atoms in total. The van der Waals surface area contributed by atoms with Crippen LogP contribution in [0.5, 0.6) is 0 Å². The van der Waals surface area contributed by atoms with Crippen molar-refractivity contribution < 1.29 is 10.0 Å². The Morgan fingerprint density at radius 2 is 1.90 bits per heavy atom. The van der Waals surface area contributed by atoms with E-state index in [0.29, 0.717) is 0 Å². The normalized spacial score (nSPS) is 9.40. The van der Waals surface area contributed by atoms with E-state index in [1.54, 1.807) is 24.5 Å². The largest absolute Gasteiger partial charge is 0.456 e. The number of nitrogens with zero attached hydrogens (tertiary/aromatic N) is 1. The van der Waals surface area contributed by atoms with E-state index in [4.69, 9.17) is 10.0 Å². The quantitative estimate of drug-likeness (QED) is 0.547. The molecule has 0 atom stereocenters. The third kappa shape index (κ3) is 2.17. The molecule has 0 radical (unpaired) electrons. The van der Waals surface area contributed by atoms with E-state index in [-0.39, 0.29) is 6.32 Å². The minimum absolute atomic E-state index is 0.266. The molecule has 0 aliphatic heterocycles. The van der Waals surface area contributed by atoms with Gasteiger partial charge in [0.05, 0.1) is 0 Å². The van der Waals surface area contributed by atoms with Crippen LogP contribution in [-0.4, -0.2) is 22.2 Å². The molecule has 0 amide bonds. The second-order valence-corrected chi connectivity index (χ2v) is 2.04. The molecule has 0 bridgehead atoms. The number of hydrogen-bond donors (Lipinski definition) is 2. The minimum Gasteiger partial charge on any atom is -0.427 e. The van der Waals surface area contributed by atoms with Gasteiger partial charge < -0.3 is 10.0 Å². The molecule has 0 aromatic carbocycles. The Labute approximate surface area is 59.5 Å². The number of aromatic nitrogens is 1. The molecule has 1 heterocycles. The molecule has 0 fully saturated rings. The molecule has 0 saturated heterocycles. The molecule has 1 rings (SSSR count). The van der Waals surface area contributed by atoms with Crippen LogP contribution in [0.2, 0.25) is 0 Å². The third-order valence-corrected chi connectivity index (χ3v) is 1.17. The Morgan fingerprint density at radius 3 is 2.40 bits per heavy atom. The molecule has 1 aromatic rings. The Morgan fingerprint density at radius 1 is 1.30 bits per heavy atom. The Hall–Kier alpha value is -0.865. The number of rotatable bonds is 2. The zero-order valence-electron chi connectivity index (χ0n) is 5.44. The first-order valence-corrected chi connectivity index (χ1v) is 3.04. The highest BCUT2D eigenvalue weighted by atomic mass is 16.4. The van der Waals surface area contributed by atoms with Gasteiger partial charge in [-0.25, -0.2) is 0 Å². The minimum atomic E-state index is -1.26. The monoisotopic (exact) mass is 137 g/mol. The van der Waals surface area contributed by atoms with Gasteiger partial charge in [0.25, 0.3) is 0 Å². The van der Waals surface area contributed by atoms with E-state index in [0.717, 1.165) is 5.56 Å². The fourth-order valence-electron chi connectivity index (χ4n) is 0.730. The summed E-state index contributed by atoms with van der Waals surface area (Å²) in [5.41, 5.74) is 0.880. The van der Waals surface area contributed by atoms with Gasteiger partial charge in [0, 0.05) is 18.7 Å².